The predicted molar refractivity (Wildman–Crippen MR) is 170 cm³/mol. The Kier molecular flexibility index (Phi) is 9.24. The highest BCUT2D eigenvalue weighted by Gasteiger charge is 2.25. The molecule has 4 aromatic heterocycles. The third kappa shape index (κ3) is 8.41. The number of hydrogen-bond donors (Lipinski definition) is 3. The van der Waals surface area contributed by atoms with Crippen LogP contribution in [0.4, 0.5) is 21.9 Å². The number of pyridine rings is 1. The van der Waals surface area contributed by atoms with Gasteiger partial charge >= 0.3 is 0 Å². The monoisotopic (exact) mass is 624 g/mol. The Labute approximate surface area is 263 Å². The lowest BCUT2D eigenvalue weighted by molar-refractivity contribution is -0.116. The Morgan fingerprint density at radius 2 is 1.78 bits per heavy atom. The number of benzene rings is 1. The van der Waals surface area contributed by atoms with E-state index in [4.69, 9.17) is 0 Å². The number of nitrogens with one attached hydrogen (secondary N) is 3. The molecule has 0 bridgehead atoms. The van der Waals surface area contributed by atoms with Crippen LogP contribution in [0.25, 0.3) is 0 Å². The number of rotatable bonds is 12. The molecular formula is C30H32N12O2S. The lowest BCUT2D eigenvalue weighted by Gasteiger charge is -2.17. The molecule has 0 unspecified atom stereocenters. The summed E-state index contributed by atoms with van der Waals surface area (Å²) in [5, 5.41) is 35.2. The molecule has 1 saturated heterocycles. The van der Waals surface area contributed by atoms with Crippen molar-refractivity contribution in [3.63, 3.8) is 0 Å². The fraction of sp³-hybridized carbons (Fsp3) is 0.300. The van der Waals surface area contributed by atoms with Crippen LogP contribution in [0.2, 0.25) is 0 Å². The van der Waals surface area contributed by atoms with Gasteiger partial charge in [0.15, 0.2) is 11.6 Å². The molecule has 0 spiro atoms. The molecule has 0 saturated carbocycles. The highest BCUT2D eigenvalue weighted by molar-refractivity contribution is 7.19. The normalized spacial score (nSPS) is 14.3. The minimum absolute atomic E-state index is 0.131. The van der Waals surface area contributed by atoms with Crippen molar-refractivity contribution in [1.82, 2.24) is 40.4 Å². The second-order valence-electron chi connectivity index (χ2n) is 10.8. The minimum Gasteiger partial charge on any atom is -0.355 e. The van der Waals surface area contributed by atoms with E-state index in [2.05, 4.69) is 87.7 Å². The minimum atomic E-state index is -0.194. The number of aromatic nitrogens is 8. The van der Waals surface area contributed by atoms with Gasteiger partial charge in [-0.2, -0.15) is 0 Å². The molecule has 1 atom stereocenters. The van der Waals surface area contributed by atoms with Gasteiger partial charge < -0.3 is 20.9 Å². The number of carbonyl (C=O) groups excluding carboxylic acids is 2. The number of carbonyl (C=O) groups is 2. The van der Waals surface area contributed by atoms with Crippen molar-refractivity contribution in [2.24, 2.45) is 0 Å². The molecule has 14 nitrogen and oxygen atoms in total. The molecule has 1 aliphatic heterocycles. The zero-order chi connectivity index (χ0) is 31.0. The Hall–Kier alpha value is -5.31. The summed E-state index contributed by atoms with van der Waals surface area (Å²) in [5.41, 5.74) is 3.80. The summed E-state index contributed by atoms with van der Waals surface area (Å²) in [6.45, 7) is 4.17. The Morgan fingerprint density at radius 1 is 0.911 bits per heavy atom. The summed E-state index contributed by atoms with van der Waals surface area (Å²) < 4.78 is 1.78. The zero-order valence-corrected chi connectivity index (χ0v) is 25.4. The molecule has 1 aromatic carbocycles. The summed E-state index contributed by atoms with van der Waals surface area (Å²) in [6.07, 6.45) is 5.30. The lowest BCUT2D eigenvalue weighted by atomic mass is 10.1. The Morgan fingerprint density at radius 3 is 2.58 bits per heavy atom. The maximum Gasteiger partial charge on any atom is 0.232 e. The van der Waals surface area contributed by atoms with Gasteiger partial charge in [-0.15, -0.1) is 25.5 Å². The topological polar surface area (TPSA) is 169 Å². The van der Waals surface area contributed by atoms with E-state index in [-0.39, 0.29) is 30.7 Å². The van der Waals surface area contributed by atoms with Gasteiger partial charge in [0.05, 0.1) is 18.7 Å². The van der Waals surface area contributed by atoms with Gasteiger partial charge in [0.2, 0.25) is 22.1 Å². The van der Waals surface area contributed by atoms with Gasteiger partial charge in [-0.3, -0.25) is 14.6 Å². The highest BCUT2D eigenvalue weighted by atomic mass is 32.1. The summed E-state index contributed by atoms with van der Waals surface area (Å²) in [7, 11) is 0. The summed E-state index contributed by atoms with van der Waals surface area (Å²) >= 11 is 1.29. The average molecular weight is 625 g/mol. The Bertz CT molecular complexity index is 1720. The lowest BCUT2D eigenvalue weighted by Crippen LogP contribution is -2.26. The maximum absolute atomic E-state index is 12.5. The highest BCUT2D eigenvalue weighted by Crippen LogP contribution is 2.25. The molecule has 0 aliphatic carbocycles. The van der Waals surface area contributed by atoms with E-state index >= 15 is 0 Å². The largest absolute Gasteiger partial charge is 0.355 e. The maximum atomic E-state index is 12.5. The van der Waals surface area contributed by atoms with Crippen LogP contribution in [0.1, 0.15) is 35.4 Å². The summed E-state index contributed by atoms with van der Waals surface area (Å²) in [5.74, 6) is 0.759. The van der Waals surface area contributed by atoms with E-state index < -0.39 is 0 Å². The number of aryl methyl sites for hydroxylation is 2. The number of anilines is 4. The van der Waals surface area contributed by atoms with Crippen LogP contribution in [0.3, 0.4) is 0 Å². The van der Waals surface area contributed by atoms with Crippen molar-refractivity contribution >= 4 is 45.0 Å². The van der Waals surface area contributed by atoms with Gasteiger partial charge in [0.1, 0.15) is 0 Å². The van der Waals surface area contributed by atoms with Crippen LogP contribution in [-0.2, 0) is 29.0 Å². The van der Waals surface area contributed by atoms with E-state index in [1.807, 2.05) is 24.4 Å². The smallest absolute Gasteiger partial charge is 0.232 e. The van der Waals surface area contributed by atoms with E-state index in [1.54, 1.807) is 23.0 Å². The third-order valence-electron chi connectivity index (χ3n) is 7.16. The van der Waals surface area contributed by atoms with Crippen LogP contribution in [-0.4, -0.2) is 71.3 Å². The van der Waals surface area contributed by atoms with Gasteiger partial charge in [-0.1, -0.05) is 52.4 Å². The molecule has 3 N–H and O–H groups in total. The third-order valence-corrected chi connectivity index (χ3v) is 7.93. The van der Waals surface area contributed by atoms with Crippen LogP contribution in [0, 0.1) is 6.92 Å². The van der Waals surface area contributed by atoms with Crippen molar-refractivity contribution < 1.29 is 9.59 Å². The van der Waals surface area contributed by atoms with Crippen LogP contribution in [0.15, 0.2) is 67.0 Å². The SMILES string of the molecule is Cc1ccc(Cn2cc(CCC(=O)Nc3ccc(N4CC[C@@H](Nc5nnc(NC(=O)Cc6ccccn6)s5)C4)nn3)nn2)cc1. The molecule has 6 rings (SSSR count). The van der Waals surface area contributed by atoms with Gasteiger partial charge in [-0.05, 0) is 43.2 Å². The van der Waals surface area contributed by atoms with Crippen LogP contribution >= 0.6 is 11.3 Å². The standard InChI is InChI=1S/C30H32N12O2S/c1-20-5-7-21(8-6-20)17-42-19-24(35-40-42)9-12-27(43)33-25-10-11-26(37-36-25)41-15-13-23(18-41)32-29-38-39-30(45-29)34-28(44)16-22-4-2-3-14-31-22/h2-8,10-11,14,19,23H,9,12-13,15-18H2,1H3,(H,32,38)(H,33,36,43)(H,34,39,44)/t23-/m1/s1. The van der Waals surface area contributed by atoms with Gasteiger partial charge in [-0.25, -0.2) is 4.68 Å². The first-order chi connectivity index (χ1) is 21.9. The number of hydrogen-bond acceptors (Lipinski definition) is 12. The Balaban J connectivity index is 0.920. The van der Waals surface area contributed by atoms with Crippen molar-refractivity contribution in [1.29, 1.82) is 0 Å². The zero-order valence-electron chi connectivity index (χ0n) is 24.6. The van der Waals surface area contributed by atoms with Crippen molar-refractivity contribution in [2.45, 2.75) is 45.2 Å². The average Bonchev–Trinajstić information content (AvgIpc) is 3.80. The quantitative estimate of drug-likeness (QED) is 0.186. The fourth-order valence-electron chi connectivity index (χ4n) is 4.84. The predicted octanol–water partition coefficient (Wildman–Crippen LogP) is 3.11. The second-order valence-corrected chi connectivity index (χ2v) is 11.7. The molecule has 5 heterocycles. The van der Waals surface area contributed by atoms with Crippen molar-refractivity contribution in [3.05, 3.63) is 89.5 Å². The first kappa shape index (κ1) is 29.7. The van der Waals surface area contributed by atoms with E-state index in [0.29, 0.717) is 41.3 Å². The molecule has 1 fully saturated rings. The van der Waals surface area contributed by atoms with E-state index in [0.717, 1.165) is 30.0 Å². The summed E-state index contributed by atoms with van der Waals surface area (Å²) in [4.78, 5) is 31.1. The van der Waals surface area contributed by atoms with Crippen LogP contribution < -0.4 is 20.9 Å². The van der Waals surface area contributed by atoms with Gasteiger partial charge in [0.25, 0.3) is 0 Å². The van der Waals surface area contributed by atoms with Crippen molar-refractivity contribution in [3.8, 4) is 0 Å². The molecule has 2 amide bonds. The fourth-order valence-corrected chi connectivity index (χ4v) is 5.58. The molecule has 15 heteroatoms. The van der Waals surface area contributed by atoms with E-state index in [9.17, 15) is 9.59 Å². The number of amides is 2. The second kappa shape index (κ2) is 14.0. The van der Waals surface area contributed by atoms with Crippen molar-refractivity contribution in [2.75, 3.05) is 33.9 Å². The molecular weight excluding hydrogens is 592 g/mol. The molecule has 230 valence electrons. The number of nitrogens with zero attached hydrogens (tertiary/aromatic N) is 9. The van der Waals surface area contributed by atoms with Crippen LogP contribution in [0.5, 0.6) is 0 Å². The molecule has 45 heavy (non-hydrogen) atoms. The first-order valence-corrected chi connectivity index (χ1v) is 15.4. The molecule has 0 radical (unpaired) electrons. The molecule has 1 aliphatic rings. The first-order valence-electron chi connectivity index (χ1n) is 14.6. The van der Waals surface area contributed by atoms with Gasteiger partial charge in [0, 0.05) is 50.1 Å². The summed E-state index contributed by atoms with van der Waals surface area (Å²) in [6, 6.07) is 17.5. The van der Waals surface area contributed by atoms with E-state index in [1.165, 1.54) is 16.9 Å². The molecule has 5 aromatic rings.